The highest BCUT2D eigenvalue weighted by molar-refractivity contribution is 6.31. The van der Waals surface area contributed by atoms with E-state index in [0.717, 1.165) is 17.7 Å². The van der Waals surface area contributed by atoms with Crippen LogP contribution in [0.15, 0.2) is 53.1 Å². The largest absolute Gasteiger partial charge is 0.416 e. The lowest BCUT2D eigenvalue weighted by Gasteiger charge is -2.16. The van der Waals surface area contributed by atoms with Gasteiger partial charge in [0.15, 0.2) is 0 Å². The molecule has 0 saturated carbocycles. The van der Waals surface area contributed by atoms with Crippen LogP contribution in [0.3, 0.4) is 0 Å². The van der Waals surface area contributed by atoms with E-state index in [-0.39, 0.29) is 30.0 Å². The number of nitrogens with zero attached hydrogens (tertiary/aromatic N) is 3. The van der Waals surface area contributed by atoms with Crippen molar-refractivity contribution < 1.29 is 22.5 Å². The molecule has 3 aromatic rings. The molecule has 0 spiro atoms. The molecule has 29 heavy (non-hydrogen) atoms. The first-order valence-electron chi connectivity index (χ1n) is 8.83. The van der Waals surface area contributed by atoms with Gasteiger partial charge >= 0.3 is 6.18 Å². The number of halogens is 4. The highest BCUT2D eigenvalue weighted by Crippen LogP contribution is 2.32. The maximum atomic E-state index is 12.7. The average molecular weight is 422 g/mol. The Morgan fingerprint density at radius 3 is 2.55 bits per heavy atom. The van der Waals surface area contributed by atoms with Crippen LogP contribution in [0.2, 0.25) is 5.02 Å². The summed E-state index contributed by atoms with van der Waals surface area (Å²) < 4.78 is 43.4. The first kappa shape index (κ1) is 19.4. The Morgan fingerprint density at radius 1 is 1.14 bits per heavy atom. The summed E-state index contributed by atoms with van der Waals surface area (Å²) in [4.78, 5) is 18.3. The summed E-state index contributed by atoms with van der Waals surface area (Å²) >= 11 is 6.16. The van der Waals surface area contributed by atoms with Crippen LogP contribution in [-0.4, -0.2) is 27.5 Å². The van der Waals surface area contributed by atoms with Crippen LogP contribution >= 0.6 is 11.6 Å². The minimum Gasteiger partial charge on any atom is -0.339 e. The zero-order chi connectivity index (χ0) is 20.6. The van der Waals surface area contributed by atoms with Crippen molar-refractivity contribution in [2.24, 2.45) is 0 Å². The normalized spacial score (nSPS) is 17.2. The number of alkyl halides is 3. The van der Waals surface area contributed by atoms with Crippen LogP contribution in [-0.2, 0) is 17.5 Å². The number of carbonyl (C=O) groups is 1. The van der Waals surface area contributed by atoms with E-state index in [1.807, 2.05) is 18.2 Å². The maximum Gasteiger partial charge on any atom is 0.416 e. The fourth-order valence-electron chi connectivity index (χ4n) is 3.25. The van der Waals surface area contributed by atoms with Crippen LogP contribution in [0.1, 0.15) is 29.4 Å². The Hall–Kier alpha value is -2.87. The molecule has 1 unspecified atom stereocenters. The van der Waals surface area contributed by atoms with Crippen LogP contribution < -0.4 is 0 Å². The molecule has 1 aliphatic rings. The Balaban J connectivity index is 1.47. The van der Waals surface area contributed by atoms with Crippen molar-refractivity contribution in [1.29, 1.82) is 0 Å². The summed E-state index contributed by atoms with van der Waals surface area (Å²) in [5.74, 6) is 0.144. The second-order valence-corrected chi connectivity index (χ2v) is 7.21. The fourth-order valence-corrected chi connectivity index (χ4v) is 3.44. The third-order valence-electron chi connectivity index (χ3n) is 4.79. The Labute approximate surface area is 169 Å². The average Bonchev–Trinajstić information content (AvgIpc) is 3.30. The summed E-state index contributed by atoms with van der Waals surface area (Å²) in [6.45, 7) is 0.785. The number of rotatable bonds is 4. The predicted molar refractivity (Wildman–Crippen MR) is 99.0 cm³/mol. The van der Waals surface area contributed by atoms with E-state index >= 15 is 0 Å². The van der Waals surface area contributed by atoms with E-state index in [0.29, 0.717) is 23.7 Å². The standard InChI is InChI=1S/C20H15ClF3N3O2/c21-16-4-2-1-3-13(16)10-27-11-14(9-17(27)28)19-25-18(26-29-19)12-5-7-15(8-6-12)20(22,23)24/h1-8,14H,9-11H2. The molecule has 0 bridgehead atoms. The lowest BCUT2D eigenvalue weighted by molar-refractivity contribution is -0.137. The number of hydrogen-bond donors (Lipinski definition) is 0. The first-order chi connectivity index (χ1) is 13.8. The molecule has 150 valence electrons. The van der Waals surface area contributed by atoms with Gasteiger partial charge in [-0.05, 0) is 23.8 Å². The quantitative estimate of drug-likeness (QED) is 0.599. The molecule has 4 rings (SSSR count). The van der Waals surface area contributed by atoms with Crippen LogP contribution in [0.5, 0.6) is 0 Å². The molecule has 1 amide bonds. The Kier molecular flexibility index (Phi) is 5.04. The predicted octanol–water partition coefficient (Wildman–Crippen LogP) is 4.92. The van der Waals surface area contributed by atoms with E-state index in [1.54, 1.807) is 11.0 Å². The van der Waals surface area contributed by atoms with Gasteiger partial charge < -0.3 is 9.42 Å². The molecule has 5 nitrogen and oxygen atoms in total. The van der Waals surface area contributed by atoms with Gasteiger partial charge in [0.25, 0.3) is 0 Å². The van der Waals surface area contributed by atoms with Gasteiger partial charge in [-0.1, -0.05) is 47.1 Å². The van der Waals surface area contributed by atoms with Crippen LogP contribution in [0.4, 0.5) is 13.2 Å². The number of benzene rings is 2. The van der Waals surface area contributed by atoms with Crippen molar-refractivity contribution >= 4 is 17.5 Å². The smallest absolute Gasteiger partial charge is 0.339 e. The number of carbonyl (C=O) groups excluding carboxylic acids is 1. The molecule has 0 radical (unpaired) electrons. The monoisotopic (exact) mass is 421 g/mol. The molecule has 0 N–H and O–H groups in total. The number of likely N-dealkylation sites (tertiary alicyclic amines) is 1. The molecule has 0 aliphatic carbocycles. The molecular formula is C20H15ClF3N3O2. The van der Waals surface area contributed by atoms with Gasteiger partial charge in [0, 0.05) is 30.1 Å². The topological polar surface area (TPSA) is 59.2 Å². The molecule has 9 heteroatoms. The summed E-state index contributed by atoms with van der Waals surface area (Å²) in [5, 5.41) is 4.44. The number of amides is 1. The lowest BCUT2D eigenvalue weighted by Crippen LogP contribution is -2.24. The molecule has 2 aromatic carbocycles. The third kappa shape index (κ3) is 4.12. The van der Waals surface area contributed by atoms with Gasteiger partial charge in [-0.25, -0.2) is 0 Å². The molecule has 1 aromatic heterocycles. The Morgan fingerprint density at radius 2 is 1.86 bits per heavy atom. The van der Waals surface area contributed by atoms with E-state index < -0.39 is 11.7 Å². The van der Waals surface area contributed by atoms with Gasteiger partial charge in [0.1, 0.15) is 0 Å². The summed E-state index contributed by atoms with van der Waals surface area (Å²) in [7, 11) is 0. The zero-order valence-corrected chi connectivity index (χ0v) is 15.7. The van der Waals surface area contributed by atoms with Gasteiger partial charge in [-0.2, -0.15) is 18.2 Å². The van der Waals surface area contributed by atoms with Crippen molar-refractivity contribution in [2.45, 2.75) is 25.1 Å². The third-order valence-corrected chi connectivity index (χ3v) is 5.16. The van der Waals surface area contributed by atoms with Crippen molar-refractivity contribution in [2.75, 3.05) is 6.54 Å². The van der Waals surface area contributed by atoms with E-state index in [1.165, 1.54) is 12.1 Å². The number of hydrogen-bond acceptors (Lipinski definition) is 4. The maximum absolute atomic E-state index is 12.7. The van der Waals surface area contributed by atoms with Crippen LogP contribution in [0, 0.1) is 0 Å². The summed E-state index contributed by atoms with van der Waals surface area (Å²) in [6.07, 6.45) is -4.19. The molecule has 1 atom stereocenters. The molecule has 1 saturated heterocycles. The van der Waals surface area contributed by atoms with E-state index in [2.05, 4.69) is 10.1 Å². The molecule has 1 fully saturated rings. The zero-order valence-electron chi connectivity index (χ0n) is 15.0. The number of aromatic nitrogens is 2. The second-order valence-electron chi connectivity index (χ2n) is 6.80. The molecule has 2 heterocycles. The van der Waals surface area contributed by atoms with Crippen molar-refractivity contribution in [1.82, 2.24) is 15.0 Å². The van der Waals surface area contributed by atoms with Crippen molar-refractivity contribution in [3.8, 4) is 11.4 Å². The van der Waals surface area contributed by atoms with Crippen molar-refractivity contribution in [3.05, 3.63) is 70.6 Å². The van der Waals surface area contributed by atoms with E-state index in [4.69, 9.17) is 16.1 Å². The van der Waals surface area contributed by atoms with Crippen LogP contribution in [0.25, 0.3) is 11.4 Å². The van der Waals surface area contributed by atoms with E-state index in [9.17, 15) is 18.0 Å². The second kappa shape index (κ2) is 7.51. The van der Waals surface area contributed by atoms with Gasteiger partial charge in [0.2, 0.25) is 17.6 Å². The van der Waals surface area contributed by atoms with Gasteiger partial charge in [-0.3, -0.25) is 4.79 Å². The van der Waals surface area contributed by atoms with Gasteiger partial charge in [-0.15, -0.1) is 0 Å². The SMILES string of the molecule is O=C1CC(c2nc(-c3ccc(C(F)(F)F)cc3)no2)CN1Cc1ccccc1Cl. The molecular weight excluding hydrogens is 407 g/mol. The fraction of sp³-hybridized carbons (Fsp3) is 0.250. The lowest BCUT2D eigenvalue weighted by atomic mass is 10.1. The minimum atomic E-state index is -4.41. The summed E-state index contributed by atoms with van der Waals surface area (Å²) in [6, 6.07) is 11.8. The summed E-state index contributed by atoms with van der Waals surface area (Å²) in [5.41, 5.74) is 0.506. The Bertz CT molecular complexity index is 1030. The molecule has 1 aliphatic heterocycles. The van der Waals surface area contributed by atoms with Gasteiger partial charge in [0.05, 0.1) is 11.5 Å². The highest BCUT2D eigenvalue weighted by Gasteiger charge is 2.35. The first-order valence-corrected chi connectivity index (χ1v) is 9.21. The minimum absolute atomic E-state index is 0.0517. The highest BCUT2D eigenvalue weighted by atomic mass is 35.5. The van der Waals surface area contributed by atoms with Crippen molar-refractivity contribution in [3.63, 3.8) is 0 Å².